The lowest BCUT2D eigenvalue weighted by molar-refractivity contribution is -0.384. The molecule has 1 aliphatic heterocycles. The molecule has 0 bridgehead atoms. The van der Waals surface area contributed by atoms with Crippen LogP contribution in [0.5, 0.6) is 0 Å². The van der Waals surface area contributed by atoms with Gasteiger partial charge in [-0.15, -0.1) is 0 Å². The number of non-ortho nitro benzene ring substituents is 1. The van der Waals surface area contributed by atoms with Crippen molar-refractivity contribution in [2.45, 2.75) is 12.8 Å². The molecule has 36 heavy (non-hydrogen) atoms. The van der Waals surface area contributed by atoms with Crippen molar-refractivity contribution in [1.29, 1.82) is 0 Å². The fraction of sp³-hybridized carbons (Fsp3) is 0.0769. The molecule has 0 saturated heterocycles. The Bertz CT molecular complexity index is 1510. The molecule has 0 fully saturated rings. The number of imidazole rings is 1. The number of fused-ring (bicyclic) bond motifs is 1. The maximum atomic E-state index is 13.0. The van der Waals surface area contributed by atoms with Crippen molar-refractivity contribution >= 4 is 40.5 Å². The molecule has 2 amide bonds. The van der Waals surface area contributed by atoms with E-state index in [9.17, 15) is 19.7 Å². The molecule has 3 aromatic carbocycles. The zero-order valence-corrected chi connectivity index (χ0v) is 19.1. The number of carbonyl (C=O) groups is 2. The van der Waals surface area contributed by atoms with Gasteiger partial charge in [-0.3, -0.25) is 30.0 Å². The second-order valence-electron chi connectivity index (χ2n) is 8.19. The number of hydrogen-bond donors (Lipinski definition) is 3. The number of nitrogens with zero attached hydrogens (tertiary/aromatic N) is 3. The topological polar surface area (TPSA) is 142 Å². The van der Waals surface area contributed by atoms with E-state index in [0.29, 0.717) is 34.3 Å². The van der Waals surface area contributed by atoms with Crippen molar-refractivity contribution in [3.63, 3.8) is 0 Å². The molecule has 4 aromatic rings. The summed E-state index contributed by atoms with van der Waals surface area (Å²) in [4.78, 5) is 47.1. The highest BCUT2D eigenvalue weighted by Crippen LogP contribution is 2.38. The van der Waals surface area contributed by atoms with Gasteiger partial charge in [-0.2, -0.15) is 0 Å². The van der Waals surface area contributed by atoms with Crippen LogP contribution in [0.2, 0.25) is 0 Å². The highest BCUT2D eigenvalue weighted by molar-refractivity contribution is 6.24. The number of aromatic amines is 1. The van der Waals surface area contributed by atoms with Crippen molar-refractivity contribution in [1.82, 2.24) is 9.97 Å². The number of nitro benzene ring substituents is 1. The first-order valence-corrected chi connectivity index (χ1v) is 11.1. The Morgan fingerprint density at radius 2 is 1.83 bits per heavy atom. The smallest absolute Gasteiger partial charge is 0.269 e. The molecular formula is C26H20N6O4. The van der Waals surface area contributed by atoms with Crippen LogP contribution in [0.1, 0.15) is 24.0 Å². The van der Waals surface area contributed by atoms with Gasteiger partial charge in [0.2, 0.25) is 17.8 Å². The lowest BCUT2D eigenvalue weighted by Gasteiger charge is -2.14. The molecule has 0 aliphatic carbocycles. The van der Waals surface area contributed by atoms with Gasteiger partial charge in [-0.05, 0) is 29.3 Å². The number of amides is 2. The standard InChI is InChI=1S/C26H20N6O4/c1-15(33)28-26-27-14-22(31-26)16-7-9-18(10-8-16)29-24(17-5-3-2-4-6-17)23-20-13-19(32(35)36)11-12-21(20)30-25(23)34/h2-14,23H,1H3,(H,30,34)(H2,27,28,31,33). The van der Waals surface area contributed by atoms with Crippen LogP contribution in [0, 0.1) is 10.1 Å². The lowest BCUT2D eigenvalue weighted by atomic mass is 9.90. The van der Waals surface area contributed by atoms with Crippen LogP contribution in [0.3, 0.4) is 0 Å². The van der Waals surface area contributed by atoms with Gasteiger partial charge in [0.1, 0.15) is 5.92 Å². The number of rotatable bonds is 6. The second kappa shape index (κ2) is 9.26. The Morgan fingerprint density at radius 3 is 2.53 bits per heavy atom. The van der Waals surface area contributed by atoms with Crippen molar-refractivity contribution < 1.29 is 14.5 Å². The number of benzene rings is 3. The minimum absolute atomic E-state index is 0.0924. The summed E-state index contributed by atoms with van der Waals surface area (Å²) in [6.07, 6.45) is 1.62. The molecule has 0 radical (unpaired) electrons. The molecule has 0 saturated carbocycles. The third-order valence-corrected chi connectivity index (χ3v) is 5.72. The summed E-state index contributed by atoms with van der Waals surface area (Å²) in [7, 11) is 0. The van der Waals surface area contributed by atoms with Crippen LogP contribution in [0.15, 0.2) is 84.0 Å². The normalized spacial score (nSPS) is 14.8. The minimum atomic E-state index is -0.810. The summed E-state index contributed by atoms with van der Waals surface area (Å²) >= 11 is 0. The molecule has 1 atom stereocenters. The van der Waals surface area contributed by atoms with E-state index >= 15 is 0 Å². The third-order valence-electron chi connectivity index (χ3n) is 5.72. The van der Waals surface area contributed by atoms with Crippen LogP contribution in [0.25, 0.3) is 11.3 Å². The summed E-state index contributed by atoms with van der Waals surface area (Å²) < 4.78 is 0. The second-order valence-corrected chi connectivity index (χ2v) is 8.19. The van der Waals surface area contributed by atoms with Gasteiger partial charge in [-0.25, -0.2) is 4.98 Å². The summed E-state index contributed by atoms with van der Waals surface area (Å²) in [6.45, 7) is 1.40. The van der Waals surface area contributed by atoms with E-state index in [4.69, 9.17) is 4.99 Å². The largest absolute Gasteiger partial charge is 0.325 e. The Labute approximate surface area is 205 Å². The van der Waals surface area contributed by atoms with Crippen LogP contribution >= 0.6 is 0 Å². The third kappa shape index (κ3) is 4.47. The van der Waals surface area contributed by atoms with Gasteiger partial charge < -0.3 is 10.3 Å². The number of carbonyl (C=O) groups excluding carboxylic acids is 2. The van der Waals surface area contributed by atoms with Crippen LogP contribution in [-0.4, -0.2) is 32.4 Å². The molecule has 5 rings (SSSR count). The van der Waals surface area contributed by atoms with Gasteiger partial charge in [0.15, 0.2) is 0 Å². The van der Waals surface area contributed by atoms with Gasteiger partial charge >= 0.3 is 0 Å². The molecular weight excluding hydrogens is 460 g/mol. The summed E-state index contributed by atoms with van der Waals surface area (Å²) in [5, 5.41) is 16.8. The first kappa shape index (κ1) is 22.7. The van der Waals surface area contributed by atoms with Crippen molar-refractivity contribution in [2.75, 3.05) is 10.6 Å². The van der Waals surface area contributed by atoms with E-state index in [0.717, 1.165) is 11.1 Å². The Morgan fingerprint density at radius 1 is 1.08 bits per heavy atom. The molecule has 1 aromatic heterocycles. The summed E-state index contributed by atoms with van der Waals surface area (Å²) in [5.41, 5.74) is 4.31. The lowest BCUT2D eigenvalue weighted by Crippen LogP contribution is -2.22. The molecule has 1 aliphatic rings. The van der Waals surface area contributed by atoms with E-state index < -0.39 is 10.8 Å². The number of aromatic nitrogens is 2. The summed E-state index contributed by atoms with van der Waals surface area (Å²) in [6, 6.07) is 20.9. The zero-order valence-electron chi connectivity index (χ0n) is 19.1. The van der Waals surface area contributed by atoms with Gasteiger partial charge in [-0.1, -0.05) is 42.5 Å². The van der Waals surface area contributed by atoms with E-state index in [1.165, 1.54) is 19.1 Å². The average molecular weight is 480 g/mol. The van der Waals surface area contributed by atoms with Gasteiger partial charge in [0.05, 0.1) is 28.2 Å². The van der Waals surface area contributed by atoms with Gasteiger partial charge in [0, 0.05) is 30.3 Å². The molecule has 10 nitrogen and oxygen atoms in total. The van der Waals surface area contributed by atoms with Crippen LogP contribution < -0.4 is 10.6 Å². The van der Waals surface area contributed by atoms with Gasteiger partial charge in [0.25, 0.3) is 5.69 Å². The van der Waals surface area contributed by atoms with Crippen molar-refractivity contribution in [3.8, 4) is 11.3 Å². The first-order chi connectivity index (χ1) is 17.4. The van der Waals surface area contributed by atoms with Crippen molar-refractivity contribution in [2.24, 2.45) is 4.99 Å². The van der Waals surface area contributed by atoms with E-state index in [1.54, 1.807) is 24.4 Å². The fourth-order valence-corrected chi connectivity index (χ4v) is 4.09. The Hall–Kier alpha value is -5.12. The SMILES string of the molecule is CC(=O)Nc1ncc(-c2ccc(N=C(c3ccccc3)C3C(=O)Nc4ccc([N+](=O)[O-])cc43)cc2)[nH]1. The molecule has 178 valence electrons. The number of nitrogens with one attached hydrogen (secondary N) is 3. The number of nitro groups is 1. The number of anilines is 2. The maximum absolute atomic E-state index is 13.0. The highest BCUT2D eigenvalue weighted by atomic mass is 16.6. The molecule has 0 spiro atoms. The van der Waals surface area contributed by atoms with Crippen LogP contribution in [0.4, 0.5) is 23.0 Å². The Balaban J connectivity index is 1.54. The van der Waals surface area contributed by atoms with E-state index in [-0.39, 0.29) is 17.5 Å². The maximum Gasteiger partial charge on any atom is 0.269 e. The molecule has 1 unspecified atom stereocenters. The van der Waals surface area contributed by atoms with E-state index in [2.05, 4.69) is 20.6 Å². The minimum Gasteiger partial charge on any atom is -0.325 e. The predicted molar refractivity (Wildman–Crippen MR) is 135 cm³/mol. The molecule has 10 heteroatoms. The number of aliphatic imine (C=N–C) groups is 1. The first-order valence-electron chi connectivity index (χ1n) is 11.1. The zero-order chi connectivity index (χ0) is 25.2. The number of hydrogen-bond acceptors (Lipinski definition) is 6. The summed E-state index contributed by atoms with van der Waals surface area (Å²) in [5.74, 6) is -0.981. The highest BCUT2D eigenvalue weighted by Gasteiger charge is 2.36. The van der Waals surface area contributed by atoms with Crippen molar-refractivity contribution in [3.05, 3.63) is 100 Å². The Kier molecular flexibility index (Phi) is 5.83. The molecule has 3 N–H and O–H groups in total. The number of H-pyrrole nitrogens is 1. The molecule has 2 heterocycles. The quantitative estimate of drug-likeness (QED) is 0.206. The fourth-order valence-electron chi connectivity index (χ4n) is 4.09. The average Bonchev–Trinajstić information content (AvgIpc) is 3.46. The van der Waals surface area contributed by atoms with E-state index in [1.807, 2.05) is 42.5 Å². The van der Waals surface area contributed by atoms with Crippen LogP contribution in [-0.2, 0) is 9.59 Å². The monoisotopic (exact) mass is 480 g/mol. The predicted octanol–water partition coefficient (Wildman–Crippen LogP) is 4.80.